The molecule has 2 aliphatic heterocycles. The number of methoxy groups -OCH3 is 1. The molecule has 3 heterocycles. The topological polar surface area (TPSA) is 123 Å². The van der Waals surface area contributed by atoms with Gasteiger partial charge in [0.05, 0.1) is 35.9 Å². The summed E-state index contributed by atoms with van der Waals surface area (Å²) in [7, 11) is -1.78. The first-order chi connectivity index (χ1) is 23.1. The van der Waals surface area contributed by atoms with Crippen LogP contribution in [0, 0.1) is 17.8 Å². The first-order valence-corrected chi connectivity index (χ1v) is 18.7. The average Bonchev–Trinajstić information content (AvgIpc) is 3.55. The molecule has 4 aliphatic rings. The normalized spacial score (nSPS) is 30.9. The van der Waals surface area contributed by atoms with E-state index in [0.29, 0.717) is 37.2 Å². The van der Waals surface area contributed by atoms with Gasteiger partial charge in [-0.2, -0.15) is 0 Å². The second kappa shape index (κ2) is 13.3. The predicted octanol–water partition coefficient (Wildman–Crippen LogP) is 6.39. The Labute approximate surface area is 286 Å². The molecule has 0 saturated heterocycles. The van der Waals surface area contributed by atoms with Crippen LogP contribution >= 0.6 is 11.6 Å². The number of hydrogen-bond acceptors (Lipinski definition) is 8. The van der Waals surface area contributed by atoms with Crippen molar-refractivity contribution in [1.82, 2.24) is 9.88 Å². The van der Waals surface area contributed by atoms with Crippen LogP contribution in [-0.4, -0.2) is 59.8 Å². The molecule has 1 fully saturated rings. The van der Waals surface area contributed by atoms with E-state index < -0.39 is 21.7 Å². The number of anilines is 1. The van der Waals surface area contributed by atoms with E-state index in [-0.39, 0.29) is 34.3 Å². The second-order valence-electron chi connectivity index (χ2n) is 13.8. The maximum atomic E-state index is 14.3. The minimum absolute atomic E-state index is 0.0179. The molecule has 10 nitrogen and oxygen atoms in total. The Morgan fingerprint density at radius 1 is 1.21 bits per heavy atom. The van der Waals surface area contributed by atoms with Crippen molar-refractivity contribution in [3.8, 4) is 5.75 Å². The smallest absolute Gasteiger partial charge is 0.286 e. The van der Waals surface area contributed by atoms with Crippen LogP contribution in [0.15, 0.2) is 69.9 Å². The molecule has 1 spiro atoms. The molecule has 7 rings (SSSR count). The number of nitrogens with one attached hydrogen (secondary N) is 1. The van der Waals surface area contributed by atoms with Gasteiger partial charge < -0.3 is 18.9 Å². The number of ether oxygens (including phenoxy) is 2. The van der Waals surface area contributed by atoms with Crippen LogP contribution in [0.4, 0.5) is 5.69 Å². The monoisotopic (exact) mass is 692 g/mol. The highest BCUT2D eigenvalue weighted by molar-refractivity contribution is 7.92. The van der Waals surface area contributed by atoms with E-state index in [2.05, 4.69) is 43.4 Å². The molecule has 1 N–H and O–H groups in total. The van der Waals surface area contributed by atoms with E-state index in [0.717, 1.165) is 55.6 Å². The maximum absolute atomic E-state index is 14.3. The van der Waals surface area contributed by atoms with E-state index in [1.165, 1.54) is 17.3 Å². The van der Waals surface area contributed by atoms with Gasteiger partial charge in [0.15, 0.2) is 0 Å². The van der Waals surface area contributed by atoms with Gasteiger partial charge >= 0.3 is 0 Å². The lowest BCUT2D eigenvalue weighted by molar-refractivity contribution is 0.0131. The number of nitrogens with zero attached hydrogens (tertiary/aromatic N) is 3. The number of carbonyl (C=O) groups is 2. The minimum atomic E-state index is -3.53. The Hall–Kier alpha value is -3.67. The molecular formula is C36H41ClN4O6S. The quantitative estimate of drug-likeness (QED) is 0.313. The van der Waals surface area contributed by atoms with E-state index in [4.69, 9.17) is 25.6 Å². The molecule has 3 aromatic rings. The zero-order valence-corrected chi connectivity index (χ0v) is 28.8. The third-order valence-electron chi connectivity index (χ3n) is 10.5. The summed E-state index contributed by atoms with van der Waals surface area (Å²) in [6.07, 6.45) is 12.2. The van der Waals surface area contributed by atoms with Crippen LogP contribution < -0.4 is 14.4 Å². The zero-order chi connectivity index (χ0) is 33.5. The molecule has 0 radical (unpaired) electrons. The average molecular weight is 693 g/mol. The lowest BCUT2D eigenvalue weighted by Gasteiger charge is -2.46. The Morgan fingerprint density at radius 3 is 2.85 bits per heavy atom. The SMILES string of the molecule is CO[C@H]1/C=C/C[C@H](C)CS(=O)(NC(=O)c2cnoc2)=NC(=O)c2ccc3c(c2)N(C[C@@H]2CC[C@H]21)C[C@@]1(CCCc2cc(Cl)ccc21)CO3. The molecule has 254 valence electrons. The first kappa shape index (κ1) is 32.9. The van der Waals surface area contributed by atoms with Crippen LogP contribution in [0.2, 0.25) is 5.02 Å². The number of fused-ring (bicyclic) bond motifs is 4. The summed E-state index contributed by atoms with van der Waals surface area (Å²) in [4.78, 5) is 29.2. The summed E-state index contributed by atoms with van der Waals surface area (Å²) < 4.78 is 38.5. The predicted molar refractivity (Wildman–Crippen MR) is 184 cm³/mol. The van der Waals surface area contributed by atoms with Gasteiger partial charge in [0.1, 0.15) is 21.9 Å². The van der Waals surface area contributed by atoms with Gasteiger partial charge in [-0.3, -0.25) is 14.3 Å². The minimum Gasteiger partial charge on any atom is -0.490 e. The third-order valence-corrected chi connectivity index (χ3v) is 12.7. The lowest BCUT2D eigenvalue weighted by atomic mass is 9.68. The van der Waals surface area contributed by atoms with Gasteiger partial charge in [0.25, 0.3) is 11.8 Å². The number of amides is 2. The Balaban J connectivity index is 1.31. The highest BCUT2D eigenvalue weighted by Gasteiger charge is 2.44. The fraction of sp³-hybridized carbons (Fsp3) is 0.472. The standard InChI is InChI=1S/C36H41ClN4O6S/c1-23-5-3-7-32(45-2)29-11-8-26(29)18-41-21-36(14-4-6-24-15-28(37)10-12-30(24)36)22-46-33-13-9-25(16-31(33)41)34(42)39-48(44,20-23)40-35(43)27-17-38-47-19-27/h3,7,9-10,12-13,15-17,19,23,26,29,32H,4-6,8,11,14,18,20-22H2,1-2H3,(H,39,40,42,43,44)/b7-3+/t23-,26-,29+,32-,36-,48?/m0/s1. The number of aryl methyl sites for hydroxylation is 1. The van der Waals surface area contributed by atoms with Crippen molar-refractivity contribution in [2.75, 3.05) is 37.5 Å². The van der Waals surface area contributed by atoms with Gasteiger partial charge in [0, 0.05) is 36.2 Å². The summed E-state index contributed by atoms with van der Waals surface area (Å²) in [5, 5.41) is 4.31. The molecule has 2 bridgehead atoms. The maximum Gasteiger partial charge on any atom is 0.286 e. The van der Waals surface area contributed by atoms with Gasteiger partial charge in [0.2, 0.25) is 0 Å². The molecule has 1 aromatic heterocycles. The first-order valence-electron chi connectivity index (χ1n) is 16.7. The zero-order valence-electron chi connectivity index (χ0n) is 27.2. The van der Waals surface area contributed by atoms with Gasteiger partial charge in [-0.25, -0.2) is 4.21 Å². The molecule has 1 unspecified atom stereocenters. The summed E-state index contributed by atoms with van der Waals surface area (Å²) in [5.74, 6) is -0.0995. The molecule has 6 atom stereocenters. The van der Waals surface area contributed by atoms with Crippen LogP contribution in [0.25, 0.3) is 0 Å². The molecule has 2 amide bonds. The number of rotatable bonds is 3. The van der Waals surface area contributed by atoms with Crippen LogP contribution in [-0.2, 0) is 26.5 Å². The molecule has 12 heteroatoms. The molecule has 2 aromatic carbocycles. The highest BCUT2D eigenvalue weighted by atomic mass is 35.5. The largest absolute Gasteiger partial charge is 0.490 e. The Morgan fingerprint density at radius 2 is 2.08 bits per heavy atom. The summed E-state index contributed by atoms with van der Waals surface area (Å²) in [5.41, 5.74) is 3.45. The fourth-order valence-corrected chi connectivity index (χ4v) is 9.97. The lowest BCUT2D eigenvalue weighted by Crippen LogP contribution is -2.49. The molecule has 1 saturated carbocycles. The highest BCUT2D eigenvalue weighted by Crippen LogP contribution is 2.47. The number of aromatic nitrogens is 1. The summed E-state index contributed by atoms with van der Waals surface area (Å²) in [6.45, 7) is 3.91. The van der Waals surface area contributed by atoms with Crippen LogP contribution in [0.5, 0.6) is 5.75 Å². The van der Waals surface area contributed by atoms with Gasteiger partial charge in [-0.05, 0) is 97.7 Å². The third kappa shape index (κ3) is 6.52. The number of carbonyl (C=O) groups excluding carboxylic acids is 2. The van der Waals surface area contributed by atoms with Crippen molar-refractivity contribution in [3.63, 3.8) is 0 Å². The van der Waals surface area contributed by atoms with E-state index >= 15 is 0 Å². The van der Waals surface area contributed by atoms with Crippen molar-refractivity contribution < 1.29 is 27.8 Å². The summed E-state index contributed by atoms with van der Waals surface area (Å²) in [6, 6.07) is 11.5. The Bertz CT molecular complexity index is 1850. The van der Waals surface area contributed by atoms with Gasteiger partial charge in [-0.15, -0.1) is 4.36 Å². The van der Waals surface area contributed by atoms with Crippen molar-refractivity contribution in [3.05, 3.63) is 88.3 Å². The Kier molecular flexibility index (Phi) is 9.12. The van der Waals surface area contributed by atoms with Crippen LogP contribution in [0.3, 0.4) is 0 Å². The van der Waals surface area contributed by atoms with E-state index in [1.54, 1.807) is 13.2 Å². The number of allylic oxidation sites excluding steroid dienone is 1. The molecular weight excluding hydrogens is 652 g/mol. The van der Waals surface area contributed by atoms with Crippen molar-refractivity contribution in [1.29, 1.82) is 0 Å². The molecule has 2 aliphatic carbocycles. The van der Waals surface area contributed by atoms with E-state index in [1.807, 2.05) is 25.1 Å². The van der Waals surface area contributed by atoms with Crippen molar-refractivity contribution in [2.24, 2.45) is 22.1 Å². The van der Waals surface area contributed by atoms with E-state index in [9.17, 15) is 13.8 Å². The van der Waals surface area contributed by atoms with Crippen LogP contribution in [0.1, 0.15) is 70.9 Å². The number of halogens is 1. The second-order valence-corrected chi connectivity index (χ2v) is 16.2. The molecule has 48 heavy (non-hydrogen) atoms. The fourth-order valence-electron chi connectivity index (χ4n) is 7.89. The summed E-state index contributed by atoms with van der Waals surface area (Å²) >= 11 is 6.44. The number of benzene rings is 2. The van der Waals surface area contributed by atoms with Crippen molar-refractivity contribution in [2.45, 2.75) is 57.0 Å². The van der Waals surface area contributed by atoms with Gasteiger partial charge in [-0.1, -0.05) is 41.9 Å². The number of hydrogen-bond donors (Lipinski definition) is 1. The van der Waals surface area contributed by atoms with Crippen molar-refractivity contribution >= 4 is 39.0 Å².